The molecule has 138 valence electrons. The number of benzene rings is 1. The fraction of sp³-hybridized carbons (Fsp3) is 0.611. The summed E-state index contributed by atoms with van der Waals surface area (Å²) in [5.74, 6) is 2.08. The second kappa shape index (κ2) is 8.40. The van der Waals surface area contributed by atoms with E-state index in [0.717, 1.165) is 25.1 Å². The molecule has 2 aliphatic rings. The highest BCUT2D eigenvalue weighted by Gasteiger charge is 2.26. The minimum absolute atomic E-state index is 0.0290. The largest absolute Gasteiger partial charge is 0.496 e. The van der Waals surface area contributed by atoms with Crippen LogP contribution in [0.1, 0.15) is 18.9 Å². The molecule has 0 radical (unpaired) electrons. The predicted octanol–water partition coefficient (Wildman–Crippen LogP) is 1.19. The molecule has 1 aromatic carbocycles. The normalized spacial score (nSPS) is 18.5. The van der Waals surface area contributed by atoms with Gasteiger partial charge < -0.3 is 24.3 Å². The van der Waals surface area contributed by atoms with Crippen LogP contribution in [0.25, 0.3) is 0 Å². The number of morpholine rings is 1. The van der Waals surface area contributed by atoms with E-state index in [0.29, 0.717) is 50.2 Å². The van der Waals surface area contributed by atoms with Gasteiger partial charge in [0.05, 0.1) is 26.4 Å². The summed E-state index contributed by atoms with van der Waals surface area (Å²) >= 11 is 0. The molecular formula is C18H26N2O5. The Hall–Kier alpha value is -1.99. The number of carbonyl (C=O) groups excluding carboxylic acids is 1. The molecule has 2 aliphatic heterocycles. The Morgan fingerprint density at radius 2 is 1.88 bits per heavy atom. The zero-order valence-corrected chi connectivity index (χ0v) is 14.9. The molecule has 1 amide bonds. The molecule has 1 fully saturated rings. The first-order chi connectivity index (χ1) is 12.2. The predicted molar refractivity (Wildman–Crippen MR) is 92.3 cm³/mol. The van der Waals surface area contributed by atoms with Crippen LogP contribution in [0.3, 0.4) is 0 Å². The first kappa shape index (κ1) is 17.8. The molecule has 2 heterocycles. The third kappa shape index (κ3) is 4.16. The number of hydrogen-bond donors (Lipinski definition) is 1. The van der Waals surface area contributed by atoms with E-state index in [4.69, 9.17) is 18.9 Å². The maximum absolute atomic E-state index is 12.6. The van der Waals surface area contributed by atoms with Gasteiger partial charge in [-0.1, -0.05) is 6.92 Å². The molecule has 1 unspecified atom stereocenters. The summed E-state index contributed by atoms with van der Waals surface area (Å²) in [7, 11) is 1.61. The van der Waals surface area contributed by atoms with Crippen molar-refractivity contribution >= 4 is 5.91 Å². The summed E-state index contributed by atoms with van der Waals surface area (Å²) in [4.78, 5) is 14.8. The lowest BCUT2D eigenvalue weighted by Crippen LogP contribution is -2.50. The van der Waals surface area contributed by atoms with Gasteiger partial charge in [-0.05, 0) is 12.5 Å². The van der Waals surface area contributed by atoms with E-state index in [1.807, 2.05) is 19.1 Å². The van der Waals surface area contributed by atoms with Crippen molar-refractivity contribution in [1.29, 1.82) is 0 Å². The highest BCUT2D eigenvalue weighted by atomic mass is 16.6. The third-order valence-corrected chi connectivity index (χ3v) is 4.57. The Kier molecular flexibility index (Phi) is 5.99. The van der Waals surface area contributed by atoms with Crippen molar-refractivity contribution in [3.05, 3.63) is 17.7 Å². The van der Waals surface area contributed by atoms with Crippen molar-refractivity contribution in [2.24, 2.45) is 0 Å². The van der Waals surface area contributed by atoms with Crippen molar-refractivity contribution in [2.45, 2.75) is 25.9 Å². The topological polar surface area (TPSA) is 69.3 Å². The van der Waals surface area contributed by atoms with Crippen LogP contribution in [0, 0.1) is 0 Å². The zero-order valence-electron chi connectivity index (χ0n) is 14.9. The highest BCUT2D eigenvalue weighted by Crippen LogP contribution is 2.36. The monoisotopic (exact) mass is 350 g/mol. The van der Waals surface area contributed by atoms with E-state index >= 15 is 0 Å². The summed E-state index contributed by atoms with van der Waals surface area (Å²) in [6.07, 6.45) is 0.768. The number of fused-ring (bicyclic) bond motifs is 1. The molecule has 0 bridgehead atoms. The van der Waals surface area contributed by atoms with Crippen molar-refractivity contribution in [3.63, 3.8) is 0 Å². The van der Waals surface area contributed by atoms with E-state index in [1.165, 1.54) is 0 Å². The first-order valence-electron chi connectivity index (χ1n) is 8.79. The summed E-state index contributed by atoms with van der Waals surface area (Å²) in [6, 6.07) is 3.56. The molecule has 3 rings (SSSR count). The molecule has 7 nitrogen and oxygen atoms in total. The van der Waals surface area contributed by atoms with Gasteiger partial charge >= 0.3 is 0 Å². The summed E-state index contributed by atoms with van der Waals surface area (Å²) in [5.41, 5.74) is 0.872. The van der Waals surface area contributed by atoms with Gasteiger partial charge in [0.25, 0.3) is 0 Å². The van der Waals surface area contributed by atoms with Crippen molar-refractivity contribution in [3.8, 4) is 17.2 Å². The quantitative estimate of drug-likeness (QED) is 0.831. The summed E-state index contributed by atoms with van der Waals surface area (Å²) in [5, 5.41) is 3.03. The lowest BCUT2D eigenvalue weighted by molar-refractivity contribution is -0.128. The number of nitrogens with one attached hydrogen (secondary N) is 1. The van der Waals surface area contributed by atoms with E-state index < -0.39 is 0 Å². The average molecular weight is 350 g/mol. The van der Waals surface area contributed by atoms with Crippen LogP contribution < -0.4 is 19.5 Å². The molecule has 1 atom stereocenters. The molecule has 1 saturated heterocycles. The lowest BCUT2D eigenvalue weighted by atomic mass is 10.1. The molecule has 0 spiro atoms. The van der Waals surface area contributed by atoms with Crippen molar-refractivity contribution < 1.29 is 23.7 Å². The fourth-order valence-corrected chi connectivity index (χ4v) is 3.24. The van der Waals surface area contributed by atoms with Crippen molar-refractivity contribution in [1.82, 2.24) is 10.2 Å². The Morgan fingerprint density at radius 3 is 2.52 bits per heavy atom. The number of carbonyl (C=O) groups is 1. The second-order valence-corrected chi connectivity index (χ2v) is 6.10. The Morgan fingerprint density at radius 1 is 1.20 bits per heavy atom. The Bertz CT molecular complexity index is 601. The molecular weight excluding hydrogens is 324 g/mol. The van der Waals surface area contributed by atoms with E-state index in [9.17, 15) is 4.79 Å². The van der Waals surface area contributed by atoms with Crippen LogP contribution in [0.2, 0.25) is 0 Å². The average Bonchev–Trinajstić information content (AvgIpc) is 2.67. The molecule has 0 saturated carbocycles. The van der Waals surface area contributed by atoms with E-state index in [-0.39, 0.29) is 11.9 Å². The van der Waals surface area contributed by atoms with Crippen LogP contribution in [0.4, 0.5) is 0 Å². The maximum atomic E-state index is 12.6. The summed E-state index contributed by atoms with van der Waals surface area (Å²) < 4.78 is 22.0. The van der Waals surface area contributed by atoms with Gasteiger partial charge in [0.1, 0.15) is 19.0 Å². The smallest absolute Gasteiger partial charge is 0.237 e. The van der Waals surface area contributed by atoms with E-state index in [1.54, 1.807) is 7.11 Å². The zero-order chi connectivity index (χ0) is 17.6. The minimum Gasteiger partial charge on any atom is -0.496 e. The van der Waals surface area contributed by atoms with Gasteiger partial charge in [0.15, 0.2) is 11.5 Å². The van der Waals surface area contributed by atoms with Crippen LogP contribution in [-0.2, 0) is 16.1 Å². The second-order valence-electron chi connectivity index (χ2n) is 6.10. The number of ether oxygens (including phenoxy) is 4. The van der Waals surface area contributed by atoms with Gasteiger partial charge in [-0.3, -0.25) is 9.69 Å². The van der Waals surface area contributed by atoms with Gasteiger partial charge in [0.2, 0.25) is 5.91 Å². The Labute approximate surface area is 148 Å². The van der Waals surface area contributed by atoms with E-state index in [2.05, 4.69) is 10.2 Å². The van der Waals surface area contributed by atoms with Crippen LogP contribution >= 0.6 is 0 Å². The molecule has 25 heavy (non-hydrogen) atoms. The Balaban J connectivity index is 1.66. The van der Waals surface area contributed by atoms with Crippen LogP contribution in [-0.4, -0.2) is 63.5 Å². The van der Waals surface area contributed by atoms with Gasteiger partial charge in [-0.25, -0.2) is 0 Å². The number of hydrogen-bond acceptors (Lipinski definition) is 6. The van der Waals surface area contributed by atoms with Gasteiger partial charge in [0, 0.05) is 31.3 Å². The number of methoxy groups -OCH3 is 1. The molecule has 7 heteroatoms. The van der Waals surface area contributed by atoms with Crippen molar-refractivity contribution in [2.75, 3.05) is 46.6 Å². The molecule has 1 aromatic rings. The SMILES string of the molecule is CCC(C(=O)NCc1cc2c(cc1OC)OCCO2)N1CCOCC1. The lowest BCUT2D eigenvalue weighted by Gasteiger charge is -2.33. The van der Waals surface area contributed by atoms with Crippen LogP contribution in [0.5, 0.6) is 17.2 Å². The minimum atomic E-state index is -0.132. The first-order valence-corrected chi connectivity index (χ1v) is 8.79. The molecule has 1 N–H and O–H groups in total. The summed E-state index contributed by atoms with van der Waals surface area (Å²) in [6.45, 7) is 6.42. The maximum Gasteiger partial charge on any atom is 0.237 e. The number of rotatable bonds is 6. The van der Waals surface area contributed by atoms with Crippen LogP contribution in [0.15, 0.2) is 12.1 Å². The fourth-order valence-electron chi connectivity index (χ4n) is 3.24. The molecule has 0 aliphatic carbocycles. The number of nitrogens with zero attached hydrogens (tertiary/aromatic N) is 1. The highest BCUT2D eigenvalue weighted by molar-refractivity contribution is 5.81. The molecule has 0 aromatic heterocycles. The van der Waals surface area contributed by atoms with Gasteiger partial charge in [-0.15, -0.1) is 0 Å². The standard InChI is InChI=1S/C18H26N2O5/c1-3-14(20-4-6-23-7-5-20)18(21)19-12-13-10-16-17(11-15(13)22-2)25-9-8-24-16/h10-11,14H,3-9,12H2,1-2H3,(H,19,21). The third-order valence-electron chi connectivity index (χ3n) is 4.57. The number of amides is 1. The van der Waals surface area contributed by atoms with Gasteiger partial charge in [-0.2, -0.15) is 0 Å².